The maximum atomic E-state index is 11.7. The zero-order valence-electron chi connectivity index (χ0n) is 10.9. The van der Waals surface area contributed by atoms with Gasteiger partial charge in [-0.05, 0) is 24.1 Å². The Kier molecular flexibility index (Phi) is 7.79. The van der Waals surface area contributed by atoms with E-state index >= 15 is 0 Å². The molecule has 0 aliphatic heterocycles. The van der Waals surface area contributed by atoms with Crippen LogP contribution >= 0.6 is 12.4 Å². The lowest BCUT2D eigenvalue weighted by Crippen LogP contribution is -2.35. The van der Waals surface area contributed by atoms with E-state index < -0.39 is 6.04 Å². The lowest BCUT2D eigenvalue weighted by Gasteiger charge is -2.11. The molecule has 19 heavy (non-hydrogen) atoms. The summed E-state index contributed by atoms with van der Waals surface area (Å²) >= 11 is 0. The van der Waals surface area contributed by atoms with Crippen LogP contribution in [0.3, 0.4) is 0 Å². The van der Waals surface area contributed by atoms with Crippen LogP contribution in [0.2, 0.25) is 0 Å². The van der Waals surface area contributed by atoms with Gasteiger partial charge in [0.2, 0.25) is 11.8 Å². The van der Waals surface area contributed by atoms with Crippen LogP contribution in [0.25, 0.3) is 0 Å². The Morgan fingerprint density at radius 2 is 1.84 bits per heavy atom. The second-order valence-corrected chi connectivity index (χ2v) is 4.22. The zero-order valence-corrected chi connectivity index (χ0v) is 11.7. The van der Waals surface area contributed by atoms with Gasteiger partial charge in [0.15, 0.2) is 0 Å². The lowest BCUT2D eigenvalue weighted by atomic mass is 10.1. The highest BCUT2D eigenvalue weighted by Gasteiger charge is 2.12. The molecule has 0 heterocycles. The molecule has 1 aromatic rings. The van der Waals surface area contributed by atoms with Crippen molar-refractivity contribution in [1.29, 1.82) is 0 Å². The summed E-state index contributed by atoms with van der Waals surface area (Å²) in [5.74, 6) is -0.573. The molecule has 2 amide bonds. The first-order valence-corrected chi connectivity index (χ1v) is 5.96. The van der Waals surface area contributed by atoms with Crippen LogP contribution in [-0.4, -0.2) is 17.9 Å². The summed E-state index contributed by atoms with van der Waals surface area (Å²) in [5.41, 5.74) is 12.3. The molecular formula is C13H20ClN3O2. The molecule has 0 saturated heterocycles. The van der Waals surface area contributed by atoms with E-state index in [9.17, 15) is 9.59 Å². The number of hydrogen-bond donors (Lipinski definition) is 3. The van der Waals surface area contributed by atoms with E-state index in [2.05, 4.69) is 5.32 Å². The van der Waals surface area contributed by atoms with E-state index in [-0.39, 0.29) is 30.6 Å². The van der Waals surface area contributed by atoms with Gasteiger partial charge in [0.05, 0.1) is 12.5 Å². The van der Waals surface area contributed by atoms with E-state index in [1.807, 2.05) is 6.92 Å². The van der Waals surface area contributed by atoms with E-state index in [4.69, 9.17) is 11.5 Å². The van der Waals surface area contributed by atoms with Crippen LogP contribution in [0.5, 0.6) is 0 Å². The maximum absolute atomic E-state index is 11.7. The highest BCUT2D eigenvalue weighted by Crippen LogP contribution is 2.10. The Bertz CT molecular complexity index is 420. The zero-order chi connectivity index (χ0) is 13.5. The third kappa shape index (κ3) is 6.22. The van der Waals surface area contributed by atoms with Gasteiger partial charge in [-0.3, -0.25) is 9.59 Å². The van der Waals surface area contributed by atoms with Gasteiger partial charge in [0.25, 0.3) is 0 Å². The van der Waals surface area contributed by atoms with Gasteiger partial charge < -0.3 is 16.8 Å². The van der Waals surface area contributed by atoms with Gasteiger partial charge in [-0.2, -0.15) is 0 Å². The molecule has 0 bridgehead atoms. The number of amides is 2. The fourth-order valence-electron chi connectivity index (χ4n) is 1.58. The molecule has 1 atom stereocenters. The Labute approximate surface area is 119 Å². The molecule has 5 nitrogen and oxygen atoms in total. The minimum absolute atomic E-state index is 0. The minimum atomic E-state index is -0.486. The van der Waals surface area contributed by atoms with Gasteiger partial charge in [0.1, 0.15) is 0 Å². The molecule has 0 radical (unpaired) electrons. The van der Waals surface area contributed by atoms with Crippen LogP contribution < -0.4 is 16.8 Å². The van der Waals surface area contributed by atoms with E-state index in [0.717, 1.165) is 12.0 Å². The van der Waals surface area contributed by atoms with Crippen molar-refractivity contribution in [3.05, 3.63) is 29.8 Å². The summed E-state index contributed by atoms with van der Waals surface area (Å²) in [4.78, 5) is 22.4. The van der Waals surface area contributed by atoms with Crippen molar-refractivity contribution in [1.82, 2.24) is 0 Å². The molecule has 0 aliphatic rings. The Hall–Kier alpha value is -1.59. The molecule has 0 aliphatic carbocycles. The highest BCUT2D eigenvalue weighted by molar-refractivity contribution is 5.94. The summed E-state index contributed by atoms with van der Waals surface area (Å²) in [5, 5.41) is 2.73. The molecule has 106 valence electrons. The van der Waals surface area contributed by atoms with Crippen molar-refractivity contribution in [2.24, 2.45) is 11.5 Å². The topological polar surface area (TPSA) is 98.2 Å². The largest absolute Gasteiger partial charge is 0.369 e. The van der Waals surface area contributed by atoms with E-state index in [1.165, 1.54) is 0 Å². The predicted molar refractivity (Wildman–Crippen MR) is 78.1 cm³/mol. The van der Waals surface area contributed by atoms with Crippen molar-refractivity contribution in [3.63, 3.8) is 0 Å². The molecule has 0 aromatic heterocycles. The number of carbonyl (C=O) groups excluding carboxylic acids is 2. The first-order chi connectivity index (χ1) is 8.52. The third-order valence-corrected chi connectivity index (χ3v) is 2.54. The molecule has 0 fully saturated rings. The van der Waals surface area contributed by atoms with Crippen molar-refractivity contribution < 1.29 is 9.59 Å². The monoisotopic (exact) mass is 285 g/mol. The van der Waals surface area contributed by atoms with Crippen molar-refractivity contribution in [3.8, 4) is 0 Å². The number of benzene rings is 1. The average Bonchev–Trinajstić information content (AvgIpc) is 2.31. The van der Waals surface area contributed by atoms with Gasteiger partial charge in [0, 0.05) is 5.69 Å². The van der Waals surface area contributed by atoms with Crippen LogP contribution in [-0.2, 0) is 16.0 Å². The fourth-order valence-corrected chi connectivity index (χ4v) is 1.58. The Morgan fingerprint density at radius 1 is 1.26 bits per heavy atom. The van der Waals surface area contributed by atoms with Crippen LogP contribution in [0.1, 0.15) is 25.3 Å². The van der Waals surface area contributed by atoms with Crippen molar-refractivity contribution in [2.45, 2.75) is 32.2 Å². The molecule has 1 aromatic carbocycles. The summed E-state index contributed by atoms with van der Waals surface area (Å²) in [6.45, 7) is 1.98. The molecule has 0 saturated carbocycles. The van der Waals surface area contributed by atoms with Crippen LogP contribution in [0, 0.1) is 0 Å². The Balaban J connectivity index is 0.00000324. The number of hydrogen-bond acceptors (Lipinski definition) is 3. The molecule has 5 N–H and O–H groups in total. The number of primary amides is 1. The molecular weight excluding hydrogens is 266 g/mol. The summed E-state index contributed by atoms with van der Waals surface area (Å²) in [7, 11) is 0. The molecule has 1 unspecified atom stereocenters. The molecule has 1 rings (SSSR count). The molecule has 6 heteroatoms. The number of nitrogens with one attached hydrogen (secondary N) is 1. The standard InChI is InChI=1S/C13H19N3O2.ClH/c1-2-3-11(14)13(18)16-10-6-4-9(5-7-10)8-12(15)17;/h4-7,11H,2-3,8,14H2,1H3,(H2,15,17)(H,16,18);1H. The smallest absolute Gasteiger partial charge is 0.241 e. The number of carbonyl (C=O) groups is 2. The summed E-state index contributed by atoms with van der Waals surface area (Å²) in [6, 6.07) is 6.49. The van der Waals surface area contributed by atoms with Gasteiger partial charge in [-0.25, -0.2) is 0 Å². The third-order valence-electron chi connectivity index (χ3n) is 2.54. The second-order valence-electron chi connectivity index (χ2n) is 4.22. The van der Waals surface area contributed by atoms with Crippen molar-refractivity contribution >= 4 is 29.9 Å². The first kappa shape index (κ1) is 17.4. The van der Waals surface area contributed by atoms with Crippen LogP contribution in [0.4, 0.5) is 5.69 Å². The van der Waals surface area contributed by atoms with Crippen LogP contribution in [0.15, 0.2) is 24.3 Å². The fraction of sp³-hybridized carbons (Fsp3) is 0.385. The van der Waals surface area contributed by atoms with Crippen molar-refractivity contribution in [2.75, 3.05) is 5.32 Å². The highest BCUT2D eigenvalue weighted by atomic mass is 35.5. The SMILES string of the molecule is CCCC(N)C(=O)Nc1ccc(CC(N)=O)cc1.Cl. The summed E-state index contributed by atoms with van der Waals surface area (Å²) in [6.07, 6.45) is 1.72. The van der Waals surface area contributed by atoms with E-state index in [1.54, 1.807) is 24.3 Å². The number of rotatable bonds is 6. The van der Waals surface area contributed by atoms with E-state index in [0.29, 0.717) is 12.1 Å². The van der Waals surface area contributed by atoms with Gasteiger partial charge in [-0.1, -0.05) is 25.5 Å². The summed E-state index contributed by atoms with van der Waals surface area (Å²) < 4.78 is 0. The predicted octanol–water partition coefficient (Wildman–Crippen LogP) is 1.20. The number of anilines is 1. The quantitative estimate of drug-likeness (QED) is 0.732. The average molecular weight is 286 g/mol. The normalized spacial score (nSPS) is 11.3. The number of halogens is 1. The second kappa shape index (κ2) is 8.50. The number of nitrogens with two attached hydrogens (primary N) is 2. The molecule has 0 spiro atoms. The first-order valence-electron chi connectivity index (χ1n) is 5.96. The Morgan fingerprint density at radius 3 is 2.32 bits per heavy atom. The van der Waals surface area contributed by atoms with Gasteiger partial charge >= 0.3 is 0 Å². The lowest BCUT2D eigenvalue weighted by molar-refractivity contribution is -0.118. The maximum Gasteiger partial charge on any atom is 0.241 e. The minimum Gasteiger partial charge on any atom is -0.369 e. The van der Waals surface area contributed by atoms with Gasteiger partial charge in [-0.15, -0.1) is 12.4 Å².